The van der Waals surface area contributed by atoms with Gasteiger partial charge in [0.1, 0.15) is 0 Å². The van der Waals surface area contributed by atoms with Gasteiger partial charge in [-0.1, -0.05) is 97.1 Å². The Labute approximate surface area is 341 Å². The molecule has 290 valence electrons. The third kappa shape index (κ3) is 7.34. The number of carbonyl (C=O) groups is 4. The first-order chi connectivity index (χ1) is 29.4. The molecule has 4 N–H and O–H groups in total. The van der Waals surface area contributed by atoms with Crippen LogP contribution in [-0.4, -0.2) is 23.6 Å². The van der Waals surface area contributed by atoms with Crippen LogP contribution in [0.4, 0.5) is 22.7 Å². The molecular formula is C44H30N12O4. The monoisotopic (exact) mass is 790 g/mol. The molecule has 4 aliphatic rings. The summed E-state index contributed by atoms with van der Waals surface area (Å²) in [6, 6.07) is 43.2. The van der Waals surface area contributed by atoms with Crippen molar-refractivity contribution in [2.45, 2.75) is 11.8 Å². The smallest absolute Gasteiger partial charge is 0.296 e. The first kappa shape index (κ1) is 36.9. The highest BCUT2D eigenvalue weighted by molar-refractivity contribution is 6.07. The van der Waals surface area contributed by atoms with Crippen molar-refractivity contribution in [3.63, 3.8) is 0 Å². The highest BCUT2D eigenvalue weighted by Gasteiger charge is 2.42. The van der Waals surface area contributed by atoms with E-state index in [2.05, 4.69) is 62.2 Å². The van der Waals surface area contributed by atoms with E-state index in [0.29, 0.717) is 33.9 Å². The number of nitrogens with zero attached hydrogens (tertiary/aromatic N) is 8. The van der Waals surface area contributed by atoms with Crippen molar-refractivity contribution in [2.75, 3.05) is 21.3 Å². The van der Waals surface area contributed by atoms with Crippen LogP contribution in [0.3, 0.4) is 0 Å². The summed E-state index contributed by atoms with van der Waals surface area (Å²) in [6.07, 6.45) is 0. The summed E-state index contributed by atoms with van der Waals surface area (Å²) in [7, 11) is 0. The summed E-state index contributed by atoms with van der Waals surface area (Å²) in [6.45, 7) is 0. The molecule has 60 heavy (non-hydrogen) atoms. The fraction of sp³-hybridized carbons (Fsp3) is 0.0455. The molecule has 0 radical (unpaired) electrons. The van der Waals surface area contributed by atoms with E-state index < -0.39 is 35.5 Å². The maximum absolute atomic E-state index is 13.8. The van der Waals surface area contributed by atoms with Gasteiger partial charge < -0.3 is 21.3 Å². The second-order valence-electron chi connectivity index (χ2n) is 13.6. The molecule has 0 unspecified atom stereocenters. The van der Waals surface area contributed by atoms with Crippen molar-refractivity contribution in [3.05, 3.63) is 202 Å². The van der Waals surface area contributed by atoms with Gasteiger partial charge in [0.05, 0.1) is 34.1 Å². The average molecular weight is 791 g/mol. The summed E-state index contributed by atoms with van der Waals surface area (Å²) < 4.78 is 0. The zero-order valence-electron chi connectivity index (χ0n) is 31.2. The van der Waals surface area contributed by atoms with E-state index in [0.717, 1.165) is 0 Å². The molecule has 0 aliphatic carbocycles. The van der Waals surface area contributed by atoms with Gasteiger partial charge in [0, 0.05) is 22.7 Å². The highest BCUT2D eigenvalue weighted by Crippen LogP contribution is 2.45. The molecule has 4 aliphatic heterocycles. The van der Waals surface area contributed by atoms with E-state index in [9.17, 15) is 19.2 Å². The standard InChI is InChI=1S/C44H30N12O4/c57-41-33(37(49-53-41)45-27-13-5-1-6-14-27)31(34-38(50-54-42(34)58)46-28-15-7-2-8-16-28)25-21-23-26(24-22-25)32(35-39(51-55-43(35)59)47-29-17-9-3-10-18-29)36-40(52-56-44(36)60)48-30-19-11-4-12-20-30/h1-24,31-32,45-48H. The molecule has 0 saturated carbocycles. The van der Waals surface area contributed by atoms with Crippen LogP contribution in [0.1, 0.15) is 23.0 Å². The normalized spacial score (nSPS) is 15.9. The Bertz CT molecular complexity index is 2450. The maximum Gasteiger partial charge on any atom is 0.296 e. The molecule has 0 spiro atoms. The van der Waals surface area contributed by atoms with Gasteiger partial charge in [-0.05, 0) is 59.7 Å². The van der Waals surface area contributed by atoms with Gasteiger partial charge in [-0.2, -0.15) is 0 Å². The van der Waals surface area contributed by atoms with Crippen molar-refractivity contribution in [1.82, 2.24) is 0 Å². The molecule has 4 amide bonds. The number of para-hydroxylation sites is 4. The second-order valence-corrected chi connectivity index (χ2v) is 13.6. The third-order valence-electron chi connectivity index (χ3n) is 9.81. The number of rotatable bonds is 14. The van der Waals surface area contributed by atoms with Crippen molar-refractivity contribution in [3.8, 4) is 0 Å². The van der Waals surface area contributed by atoms with Gasteiger partial charge in [0.2, 0.25) is 0 Å². The van der Waals surface area contributed by atoms with Crippen LogP contribution >= 0.6 is 0 Å². The van der Waals surface area contributed by atoms with Crippen LogP contribution in [0, 0.1) is 0 Å². The van der Waals surface area contributed by atoms with Gasteiger partial charge in [0.15, 0.2) is 23.3 Å². The Morgan fingerprint density at radius 2 is 0.500 bits per heavy atom. The maximum atomic E-state index is 13.8. The minimum Gasteiger partial charge on any atom is -0.338 e. The van der Waals surface area contributed by atoms with Crippen LogP contribution in [0.2, 0.25) is 0 Å². The number of benzene rings is 5. The Morgan fingerprint density at radius 1 is 0.283 bits per heavy atom. The van der Waals surface area contributed by atoms with Gasteiger partial charge in [-0.25, -0.2) is 0 Å². The molecule has 0 fully saturated rings. The number of nitrogens with one attached hydrogen (secondary N) is 4. The molecule has 9 rings (SSSR count). The van der Waals surface area contributed by atoms with Crippen molar-refractivity contribution in [1.29, 1.82) is 0 Å². The fourth-order valence-corrected chi connectivity index (χ4v) is 7.10. The number of azo groups is 4. The summed E-state index contributed by atoms with van der Waals surface area (Å²) in [5.74, 6) is -4.35. The zero-order valence-corrected chi connectivity index (χ0v) is 31.2. The number of carbonyl (C=O) groups excluding carboxylic acids is 4. The summed E-state index contributed by atoms with van der Waals surface area (Å²) in [5, 5.41) is 45.0. The van der Waals surface area contributed by atoms with Crippen LogP contribution < -0.4 is 21.3 Å². The van der Waals surface area contributed by atoms with E-state index in [4.69, 9.17) is 0 Å². The topological polar surface area (TPSA) is 215 Å². The minimum atomic E-state index is -1.10. The number of hydrogen-bond donors (Lipinski definition) is 4. The van der Waals surface area contributed by atoms with Gasteiger partial charge in [0.25, 0.3) is 23.6 Å². The summed E-state index contributed by atoms with van der Waals surface area (Å²) in [4.78, 5) is 55.1. The molecule has 16 heteroatoms. The number of hydrogen-bond acceptors (Lipinski definition) is 12. The second kappa shape index (κ2) is 16.1. The predicted octanol–water partition coefficient (Wildman–Crippen LogP) is 9.12. The molecular weight excluding hydrogens is 761 g/mol. The van der Waals surface area contributed by atoms with Gasteiger partial charge in [-0.3, -0.25) is 19.2 Å². The Kier molecular flexibility index (Phi) is 9.89. The SMILES string of the molecule is O=C1N=NC(Nc2ccccc2)=C1C(C1=C(Nc2ccccc2)N=NC1=O)c1ccc(C(C2=C(Nc3ccccc3)N=NC2=O)C2=C(Nc3ccccc3)N=NC2=O)cc1. The Hall–Kier alpha value is -8.66. The molecule has 5 aromatic carbocycles. The Balaban J connectivity index is 1.20. The Morgan fingerprint density at radius 3 is 0.717 bits per heavy atom. The number of amides is 4. The van der Waals surface area contributed by atoms with Crippen molar-refractivity contribution >= 4 is 46.4 Å². The van der Waals surface area contributed by atoms with E-state index >= 15 is 0 Å². The largest absolute Gasteiger partial charge is 0.338 e. The third-order valence-corrected chi connectivity index (χ3v) is 9.81. The first-order valence-corrected chi connectivity index (χ1v) is 18.6. The average Bonchev–Trinajstić information content (AvgIpc) is 4.04. The zero-order chi connectivity index (χ0) is 41.0. The fourth-order valence-electron chi connectivity index (χ4n) is 7.10. The lowest BCUT2D eigenvalue weighted by molar-refractivity contribution is -0.116. The lowest BCUT2D eigenvalue weighted by atomic mass is 9.80. The van der Waals surface area contributed by atoms with Gasteiger partial charge >= 0.3 is 0 Å². The molecule has 5 aromatic rings. The van der Waals surface area contributed by atoms with E-state index in [1.807, 2.05) is 72.8 Å². The van der Waals surface area contributed by atoms with E-state index in [1.165, 1.54) is 0 Å². The first-order valence-electron chi connectivity index (χ1n) is 18.6. The van der Waals surface area contributed by atoms with Crippen molar-refractivity contribution in [2.24, 2.45) is 40.9 Å². The molecule has 0 atom stereocenters. The lowest BCUT2D eigenvalue weighted by Crippen LogP contribution is -2.21. The molecule has 4 heterocycles. The summed E-state index contributed by atoms with van der Waals surface area (Å²) in [5.41, 5.74) is 3.75. The molecule has 0 saturated heterocycles. The minimum absolute atomic E-state index is 0.0763. The van der Waals surface area contributed by atoms with Crippen LogP contribution in [0.5, 0.6) is 0 Å². The predicted molar refractivity (Wildman–Crippen MR) is 220 cm³/mol. The van der Waals surface area contributed by atoms with Crippen LogP contribution in [-0.2, 0) is 19.2 Å². The van der Waals surface area contributed by atoms with Crippen LogP contribution in [0.15, 0.2) is 232 Å². The van der Waals surface area contributed by atoms with Gasteiger partial charge in [-0.15, -0.1) is 40.9 Å². The molecule has 16 nitrogen and oxygen atoms in total. The lowest BCUT2D eigenvalue weighted by Gasteiger charge is -2.23. The molecule has 0 aromatic heterocycles. The highest BCUT2D eigenvalue weighted by atomic mass is 16.2. The quantitative estimate of drug-likeness (QED) is 0.0849. The van der Waals surface area contributed by atoms with E-state index in [-0.39, 0.29) is 45.6 Å². The van der Waals surface area contributed by atoms with Crippen molar-refractivity contribution < 1.29 is 19.2 Å². The van der Waals surface area contributed by atoms with E-state index in [1.54, 1.807) is 72.8 Å². The molecule has 0 bridgehead atoms. The summed E-state index contributed by atoms with van der Waals surface area (Å²) >= 11 is 0. The number of anilines is 4. The van der Waals surface area contributed by atoms with Crippen LogP contribution in [0.25, 0.3) is 0 Å².